The first-order valence-corrected chi connectivity index (χ1v) is 13.8. The van der Waals surface area contributed by atoms with E-state index in [1.54, 1.807) is 12.1 Å². The van der Waals surface area contributed by atoms with Crippen molar-refractivity contribution < 1.29 is 19.4 Å². The van der Waals surface area contributed by atoms with Crippen LogP contribution in [0, 0.1) is 11.8 Å². The molecule has 0 unspecified atom stereocenters. The maximum Gasteiger partial charge on any atom is 0.341 e. The van der Waals surface area contributed by atoms with Gasteiger partial charge in [0.25, 0.3) is 0 Å². The Morgan fingerprint density at radius 1 is 0.784 bits per heavy atom. The van der Waals surface area contributed by atoms with E-state index in [0.29, 0.717) is 25.3 Å². The molecule has 2 aromatic rings. The van der Waals surface area contributed by atoms with Crippen LogP contribution in [-0.2, 0) is 22.7 Å². The number of carbonyl (C=O) groups is 2. The fourth-order valence-corrected chi connectivity index (χ4v) is 4.05. The average Bonchev–Trinajstić information content (AvgIpc) is 2.90. The largest absolute Gasteiger partial charge is 0.482 e. The molecule has 0 saturated carbocycles. The lowest BCUT2D eigenvalue weighted by atomic mass is 10.1. The SMILES string of the molecule is CCCCCCCCC#Cc1ccc(CN(Cc2ccc(OCC(=O)O)cc2)C(=O)CCCCC)cc1. The smallest absolute Gasteiger partial charge is 0.341 e. The molecule has 5 heteroatoms. The Hall–Kier alpha value is -3.26. The van der Waals surface area contributed by atoms with Gasteiger partial charge < -0.3 is 14.7 Å². The summed E-state index contributed by atoms with van der Waals surface area (Å²) in [6.07, 6.45) is 12.1. The van der Waals surface area contributed by atoms with Crippen LogP contribution in [-0.4, -0.2) is 28.5 Å². The molecule has 2 rings (SSSR count). The van der Waals surface area contributed by atoms with Crippen molar-refractivity contribution in [1.29, 1.82) is 0 Å². The van der Waals surface area contributed by atoms with Crippen molar-refractivity contribution in [2.75, 3.05) is 6.61 Å². The lowest BCUT2D eigenvalue weighted by Crippen LogP contribution is -2.29. The number of carboxylic acids is 1. The second-order valence-electron chi connectivity index (χ2n) is 9.55. The number of hydrogen-bond donors (Lipinski definition) is 1. The van der Waals surface area contributed by atoms with Crippen LogP contribution < -0.4 is 4.74 Å². The summed E-state index contributed by atoms with van der Waals surface area (Å²) in [5.41, 5.74) is 3.06. The molecule has 0 heterocycles. The molecule has 0 radical (unpaired) electrons. The Morgan fingerprint density at radius 2 is 1.35 bits per heavy atom. The van der Waals surface area contributed by atoms with Gasteiger partial charge in [0.1, 0.15) is 5.75 Å². The Kier molecular flexibility index (Phi) is 14.6. The van der Waals surface area contributed by atoms with E-state index >= 15 is 0 Å². The van der Waals surface area contributed by atoms with E-state index in [2.05, 4.69) is 37.8 Å². The van der Waals surface area contributed by atoms with Gasteiger partial charge in [-0.25, -0.2) is 4.79 Å². The van der Waals surface area contributed by atoms with Gasteiger partial charge in [-0.05, 0) is 48.2 Å². The first-order chi connectivity index (χ1) is 18.0. The highest BCUT2D eigenvalue weighted by Gasteiger charge is 2.15. The number of ether oxygens (including phenoxy) is 1. The zero-order valence-corrected chi connectivity index (χ0v) is 22.6. The highest BCUT2D eigenvalue weighted by atomic mass is 16.5. The summed E-state index contributed by atoms with van der Waals surface area (Å²) < 4.78 is 5.22. The standard InChI is InChI=1S/C32H43NO4/c1-3-5-7-8-9-10-11-13-14-27-16-18-28(19-17-27)24-33(31(34)15-12-6-4-2)25-29-20-22-30(23-21-29)37-26-32(35)36/h16-23H,3-12,15,24-26H2,1-2H3,(H,35,36). The van der Waals surface area contributed by atoms with Crippen molar-refractivity contribution in [2.45, 2.75) is 97.6 Å². The fraction of sp³-hybridized carbons (Fsp3) is 0.500. The molecule has 0 fully saturated rings. The van der Waals surface area contributed by atoms with Crippen LogP contribution >= 0.6 is 0 Å². The Labute approximate surface area is 223 Å². The van der Waals surface area contributed by atoms with E-state index in [1.807, 2.05) is 29.2 Å². The molecular formula is C32H43NO4. The minimum absolute atomic E-state index is 0.141. The maximum atomic E-state index is 13.0. The summed E-state index contributed by atoms with van der Waals surface area (Å²) in [4.78, 5) is 25.6. The van der Waals surface area contributed by atoms with Gasteiger partial charge in [0, 0.05) is 31.5 Å². The minimum atomic E-state index is -1.01. The normalized spacial score (nSPS) is 10.4. The quantitative estimate of drug-likeness (QED) is 0.180. The van der Waals surface area contributed by atoms with Gasteiger partial charge in [-0.3, -0.25) is 4.79 Å². The molecule has 0 bridgehead atoms. The van der Waals surface area contributed by atoms with Gasteiger partial charge in [0.2, 0.25) is 5.91 Å². The van der Waals surface area contributed by atoms with Crippen molar-refractivity contribution in [3.05, 3.63) is 65.2 Å². The number of rotatable bonds is 17. The second-order valence-corrected chi connectivity index (χ2v) is 9.55. The minimum Gasteiger partial charge on any atom is -0.482 e. The van der Waals surface area contributed by atoms with Gasteiger partial charge in [-0.1, -0.05) is 94.9 Å². The highest BCUT2D eigenvalue weighted by molar-refractivity contribution is 5.76. The number of benzene rings is 2. The van der Waals surface area contributed by atoms with Crippen molar-refractivity contribution in [1.82, 2.24) is 4.90 Å². The first-order valence-electron chi connectivity index (χ1n) is 13.8. The van der Waals surface area contributed by atoms with Gasteiger partial charge in [0.15, 0.2) is 6.61 Å². The number of carboxylic acid groups (broad SMARTS) is 1. The maximum absolute atomic E-state index is 13.0. The zero-order valence-electron chi connectivity index (χ0n) is 22.6. The molecule has 200 valence electrons. The molecule has 2 aromatic carbocycles. The summed E-state index contributed by atoms with van der Waals surface area (Å²) >= 11 is 0. The predicted octanol–water partition coefficient (Wildman–Crippen LogP) is 7.36. The molecular weight excluding hydrogens is 462 g/mol. The number of aliphatic carboxylic acids is 1. The molecule has 0 aromatic heterocycles. The molecule has 0 aliphatic carbocycles. The molecule has 0 spiro atoms. The van der Waals surface area contributed by atoms with Crippen LogP contribution in [0.4, 0.5) is 0 Å². The van der Waals surface area contributed by atoms with Crippen LogP contribution in [0.15, 0.2) is 48.5 Å². The van der Waals surface area contributed by atoms with Crippen molar-refractivity contribution in [3.63, 3.8) is 0 Å². The Morgan fingerprint density at radius 3 is 1.97 bits per heavy atom. The van der Waals surface area contributed by atoms with Gasteiger partial charge in [0.05, 0.1) is 0 Å². The third-order valence-electron chi connectivity index (χ3n) is 6.22. The summed E-state index contributed by atoms with van der Waals surface area (Å²) in [6, 6.07) is 15.5. The lowest BCUT2D eigenvalue weighted by Gasteiger charge is -2.23. The molecule has 1 N–H and O–H groups in total. The van der Waals surface area contributed by atoms with Gasteiger partial charge in [-0.15, -0.1) is 0 Å². The molecule has 1 amide bonds. The van der Waals surface area contributed by atoms with E-state index < -0.39 is 5.97 Å². The van der Waals surface area contributed by atoms with Crippen LogP contribution in [0.1, 0.15) is 101 Å². The number of hydrogen-bond acceptors (Lipinski definition) is 3. The predicted molar refractivity (Wildman–Crippen MR) is 149 cm³/mol. The number of unbranched alkanes of at least 4 members (excludes halogenated alkanes) is 8. The number of amides is 1. The molecule has 0 aliphatic heterocycles. The molecule has 0 saturated heterocycles. The van der Waals surface area contributed by atoms with E-state index in [1.165, 1.54) is 32.1 Å². The third kappa shape index (κ3) is 13.0. The average molecular weight is 506 g/mol. The van der Waals surface area contributed by atoms with Crippen LogP contribution in [0.25, 0.3) is 0 Å². The summed E-state index contributed by atoms with van der Waals surface area (Å²) in [6.45, 7) is 5.02. The lowest BCUT2D eigenvalue weighted by molar-refractivity contribution is -0.139. The van der Waals surface area contributed by atoms with Gasteiger partial charge >= 0.3 is 5.97 Å². The van der Waals surface area contributed by atoms with Crippen LogP contribution in [0.2, 0.25) is 0 Å². The van der Waals surface area contributed by atoms with E-state index in [4.69, 9.17) is 9.84 Å². The van der Waals surface area contributed by atoms with E-state index in [-0.39, 0.29) is 12.5 Å². The Balaban J connectivity index is 1.95. The molecule has 37 heavy (non-hydrogen) atoms. The third-order valence-corrected chi connectivity index (χ3v) is 6.22. The van der Waals surface area contributed by atoms with Gasteiger partial charge in [-0.2, -0.15) is 0 Å². The highest BCUT2D eigenvalue weighted by Crippen LogP contribution is 2.17. The van der Waals surface area contributed by atoms with Crippen LogP contribution in [0.3, 0.4) is 0 Å². The number of carbonyl (C=O) groups excluding carboxylic acids is 1. The number of nitrogens with zero attached hydrogens (tertiary/aromatic N) is 1. The van der Waals surface area contributed by atoms with Crippen molar-refractivity contribution >= 4 is 11.9 Å². The first kappa shape index (κ1) is 30.0. The molecule has 0 aliphatic rings. The summed E-state index contributed by atoms with van der Waals surface area (Å²) in [7, 11) is 0. The van der Waals surface area contributed by atoms with Crippen molar-refractivity contribution in [2.24, 2.45) is 0 Å². The summed E-state index contributed by atoms with van der Waals surface area (Å²) in [5.74, 6) is 6.19. The van der Waals surface area contributed by atoms with E-state index in [9.17, 15) is 9.59 Å². The molecule has 5 nitrogen and oxygen atoms in total. The van der Waals surface area contributed by atoms with Crippen LogP contribution in [0.5, 0.6) is 5.75 Å². The second kappa shape index (κ2) is 18.1. The van der Waals surface area contributed by atoms with E-state index in [0.717, 1.165) is 48.8 Å². The van der Waals surface area contributed by atoms with Crippen molar-refractivity contribution in [3.8, 4) is 17.6 Å². The Bertz CT molecular complexity index is 986. The molecule has 0 atom stereocenters. The summed E-state index contributed by atoms with van der Waals surface area (Å²) in [5, 5.41) is 8.78. The monoisotopic (exact) mass is 505 g/mol. The fourth-order valence-electron chi connectivity index (χ4n) is 4.05. The zero-order chi connectivity index (χ0) is 26.7. The topological polar surface area (TPSA) is 66.8 Å².